The van der Waals surface area contributed by atoms with Gasteiger partial charge in [-0.3, -0.25) is 14.5 Å². The van der Waals surface area contributed by atoms with Crippen molar-refractivity contribution in [2.75, 3.05) is 33.9 Å². The lowest BCUT2D eigenvalue weighted by Gasteiger charge is -2.12. The van der Waals surface area contributed by atoms with Crippen molar-refractivity contribution in [2.24, 2.45) is 0 Å². The van der Waals surface area contributed by atoms with E-state index in [1.54, 1.807) is 19.1 Å². The molecule has 9 heteroatoms. The molecule has 1 aliphatic heterocycles. The summed E-state index contributed by atoms with van der Waals surface area (Å²) in [5.74, 6) is -0.694. The van der Waals surface area contributed by atoms with Gasteiger partial charge in [0.05, 0.1) is 24.3 Å². The highest BCUT2D eigenvalue weighted by atomic mass is 16.9. The summed E-state index contributed by atoms with van der Waals surface area (Å²) in [5, 5.41) is 11.9. The zero-order valence-electron chi connectivity index (χ0n) is 13.2. The molecule has 1 aliphatic rings. The Labute approximate surface area is 133 Å². The van der Waals surface area contributed by atoms with E-state index in [1.807, 2.05) is 14.1 Å². The Morgan fingerprint density at radius 2 is 1.91 bits per heavy atom. The number of hydrogen-bond acceptors (Lipinski definition) is 7. The third kappa shape index (κ3) is 4.39. The zero-order chi connectivity index (χ0) is 17.4. The molecule has 1 aromatic carbocycles. The monoisotopic (exact) mass is 325 g/mol. The van der Waals surface area contributed by atoms with Gasteiger partial charge in [-0.2, -0.15) is 0 Å². The van der Waals surface area contributed by atoms with E-state index in [-0.39, 0.29) is 24.3 Å². The molecule has 126 valence electrons. The second-order valence-electron chi connectivity index (χ2n) is 4.43. The number of nitrogens with zero attached hydrogens (tertiary/aromatic N) is 2. The molecule has 0 radical (unpaired) electrons. The first-order valence-electron chi connectivity index (χ1n) is 6.95. The lowest BCUT2D eigenvalue weighted by Crippen LogP contribution is -2.33. The molecule has 0 bridgehead atoms. The van der Waals surface area contributed by atoms with Gasteiger partial charge in [0.15, 0.2) is 0 Å². The van der Waals surface area contributed by atoms with Crippen LogP contribution >= 0.6 is 0 Å². The Morgan fingerprint density at radius 1 is 1.26 bits per heavy atom. The number of carbonyl (C=O) groups is 2. The van der Waals surface area contributed by atoms with Crippen molar-refractivity contribution in [3.63, 3.8) is 0 Å². The van der Waals surface area contributed by atoms with Crippen molar-refractivity contribution in [3.05, 3.63) is 39.4 Å². The van der Waals surface area contributed by atoms with Crippen LogP contribution in [0.1, 0.15) is 27.6 Å². The molecule has 2 rings (SSSR count). The molecule has 23 heavy (non-hydrogen) atoms. The fourth-order valence-electron chi connectivity index (χ4n) is 1.99. The van der Waals surface area contributed by atoms with Gasteiger partial charge in [-0.05, 0) is 33.2 Å². The SMILES string of the molecule is CCOc1cccc2c1C(=O)N(CCO[N+](=O)[O-])C2=O.CNC. The number of nitrogens with one attached hydrogen (secondary N) is 1. The number of ether oxygens (including phenoxy) is 1. The van der Waals surface area contributed by atoms with Crippen LogP contribution in [0.3, 0.4) is 0 Å². The smallest absolute Gasteiger partial charge is 0.294 e. The summed E-state index contributed by atoms with van der Waals surface area (Å²) < 4.78 is 5.32. The summed E-state index contributed by atoms with van der Waals surface area (Å²) in [4.78, 5) is 39.3. The molecular formula is C14H19N3O6. The van der Waals surface area contributed by atoms with Gasteiger partial charge in [0, 0.05) is 0 Å². The van der Waals surface area contributed by atoms with E-state index < -0.39 is 16.9 Å². The first kappa shape index (κ1) is 18.4. The average molecular weight is 325 g/mol. The van der Waals surface area contributed by atoms with Gasteiger partial charge in [0.1, 0.15) is 12.4 Å². The van der Waals surface area contributed by atoms with Crippen LogP contribution in [0.4, 0.5) is 0 Å². The number of imide groups is 1. The minimum Gasteiger partial charge on any atom is -0.493 e. The molecule has 2 amide bonds. The van der Waals surface area contributed by atoms with E-state index in [1.165, 1.54) is 6.07 Å². The van der Waals surface area contributed by atoms with E-state index in [2.05, 4.69) is 10.2 Å². The number of amides is 2. The molecule has 0 unspecified atom stereocenters. The van der Waals surface area contributed by atoms with Crippen LogP contribution in [0.25, 0.3) is 0 Å². The van der Waals surface area contributed by atoms with E-state index in [0.29, 0.717) is 12.4 Å². The van der Waals surface area contributed by atoms with Crippen molar-refractivity contribution in [1.29, 1.82) is 0 Å². The molecule has 9 nitrogen and oxygen atoms in total. The fourth-order valence-corrected chi connectivity index (χ4v) is 1.99. The first-order valence-corrected chi connectivity index (χ1v) is 6.95. The summed E-state index contributed by atoms with van der Waals surface area (Å²) in [7, 11) is 3.75. The third-order valence-corrected chi connectivity index (χ3v) is 2.77. The maximum Gasteiger partial charge on any atom is 0.294 e. The number of rotatable bonds is 6. The molecule has 1 heterocycles. The maximum absolute atomic E-state index is 12.2. The normalized spacial score (nSPS) is 12.4. The van der Waals surface area contributed by atoms with Crippen LogP contribution in [0.2, 0.25) is 0 Å². The standard InChI is InChI=1S/C12H12N2O6.C2H7N/c1-2-19-9-5-3-4-8-10(9)12(16)13(11(8)15)6-7-20-14(17)18;1-3-2/h3-5H,2,6-7H2,1H3;3H,1-2H3. The number of fused-ring (bicyclic) bond motifs is 1. The van der Waals surface area contributed by atoms with Crippen LogP contribution in [-0.2, 0) is 4.84 Å². The highest BCUT2D eigenvalue weighted by Crippen LogP contribution is 2.30. The Balaban J connectivity index is 0.000000816. The highest BCUT2D eigenvalue weighted by Gasteiger charge is 2.37. The maximum atomic E-state index is 12.2. The zero-order valence-corrected chi connectivity index (χ0v) is 13.2. The molecule has 0 fully saturated rings. The van der Waals surface area contributed by atoms with Gasteiger partial charge in [0.2, 0.25) is 0 Å². The van der Waals surface area contributed by atoms with Crippen LogP contribution in [-0.4, -0.2) is 55.7 Å². The predicted octanol–water partition coefficient (Wildman–Crippen LogP) is 0.725. The summed E-state index contributed by atoms with van der Waals surface area (Å²) in [6.45, 7) is 1.59. The minimum absolute atomic E-state index is 0.182. The summed E-state index contributed by atoms with van der Waals surface area (Å²) >= 11 is 0. The second-order valence-corrected chi connectivity index (χ2v) is 4.43. The van der Waals surface area contributed by atoms with E-state index in [4.69, 9.17) is 4.74 Å². The van der Waals surface area contributed by atoms with Crippen molar-refractivity contribution >= 4 is 11.8 Å². The van der Waals surface area contributed by atoms with Crippen LogP contribution in [0.5, 0.6) is 5.75 Å². The number of carbonyl (C=O) groups excluding carboxylic acids is 2. The Hall–Kier alpha value is -2.68. The second kappa shape index (κ2) is 8.69. The Kier molecular flexibility index (Phi) is 6.94. The molecule has 0 atom stereocenters. The highest BCUT2D eigenvalue weighted by molar-refractivity contribution is 6.22. The molecule has 0 saturated heterocycles. The molecular weight excluding hydrogens is 306 g/mol. The van der Waals surface area contributed by atoms with Crippen molar-refractivity contribution in [1.82, 2.24) is 10.2 Å². The third-order valence-electron chi connectivity index (χ3n) is 2.77. The largest absolute Gasteiger partial charge is 0.493 e. The van der Waals surface area contributed by atoms with E-state index >= 15 is 0 Å². The van der Waals surface area contributed by atoms with Gasteiger partial charge in [-0.25, -0.2) is 0 Å². The number of hydrogen-bond donors (Lipinski definition) is 1. The first-order chi connectivity index (χ1) is 11.0. The van der Waals surface area contributed by atoms with Crippen molar-refractivity contribution in [3.8, 4) is 5.75 Å². The molecule has 0 aromatic heterocycles. The minimum atomic E-state index is -0.968. The van der Waals surface area contributed by atoms with Crippen LogP contribution in [0.15, 0.2) is 18.2 Å². The van der Waals surface area contributed by atoms with Crippen LogP contribution < -0.4 is 10.1 Å². The summed E-state index contributed by atoms with van der Waals surface area (Å²) in [5.41, 5.74) is 0.433. The van der Waals surface area contributed by atoms with Gasteiger partial charge in [0.25, 0.3) is 16.9 Å². The Bertz CT molecular complexity index is 590. The van der Waals surface area contributed by atoms with Gasteiger partial charge >= 0.3 is 0 Å². The van der Waals surface area contributed by atoms with Gasteiger partial charge in [-0.15, -0.1) is 10.1 Å². The molecule has 0 spiro atoms. The van der Waals surface area contributed by atoms with Crippen molar-refractivity contribution < 1.29 is 24.3 Å². The fraction of sp³-hybridized carbons (Fsp3) is 0.429. The van der Waals surface area contributed by atoms with Crippen LogP contribution in [0, 0.1) is 10.1 Å². The topological polar surface area (TPSA) is 111 Å². The summed E-state index contributed by atoms with van der Waals surface area (Å²) in [6.07, 6.45) is 0. The summed E-state index contributed by atoms with van der Waals surface area (Å²) in [6, 6.07) is 4.74. The average Bonchev–Trinajstić information content (AvgIpc) is 2.74. The van der Waals surface area contributed by atoms with Crippen molar-refractivity contribution in [2.45, 2.75) is 6.92 Å². The molecule has 1 aromatic rings. The lowest BCUT2D eigenvalue weighted by molar-refractivity contribution is -0.757. The molecule has 1 N–H and O–H groups in total. The quantitative estimate of drug-likeness (QED) is 0.466. The lowest BCUT2D eigenvalue weighted by atomic mass is 10.1. The van der Waals surface area contributed by atoms with Gasteiger partial charge in [-0.1, -0.05) is 6.07 Å². The predicted molar refractivity (Wildman–Crippen MR) is 80.9 cm³/mol. The number of benzene rings is 1. The Morgan fingerprint density at radius 3 is 2.48 bits per heavy atom. The van der Waals surface area contributed by atoms with Gasteiger partial charge < -0.3 is 14.9 Å². The molecule has 0 aliphatic carbocycles. The molecule has 0 saturated carbocycles. The van der Waals surface area contributed by atoms with E-state index in [0.717, 1.165) is 4.90 Å². The van der Waals surface area contributed by atoms with E-state index in [9.17, 15) is 19.7 Å².